The largest absolute Gasteiger partial charge is 0.310 e. The Morgan fingerprint density at radius 1 is 0.0963 bits per heavy atom. The fraction of sp³-hybridized carbons (Fsp3) is 0. The van der Waals surface area contributed by atoms with E-state index >= 15 is 0 Å². The molecular formula is C132H91N3. The summed E-state index contributed by atoms with van der Waals surface area (Å²) in [7, 11) is 0. The lowest BCUT2D eigenvalue weighted by Crippen LogP contribution is -2.11. The van der Waals surface area contributed by atoms with Gasteiger partial charge in [0.2, 0.25) is 0 Å². The van der Waals surface area contributed by atoms with Crippen molar-refractivity contribution in [1.29, 1.82) is 0 Å². The topological polar surface area (TPSA) is 9.72 Å². The van der Waals surface area contributed by atoms with Crippen LogP contribution in [0, 0.1) is 0 Å². The van der Waals surface area contributed by atoms with Crippen LogP contribution in [0.4, 0.5) is 51.2 Å². The Balaban J connectivity index is 0.000000114. The van der Waals surface area contributed by atoms with Crippen molar-refractivity contribution in [2.75, 3.05) is 14.7 Å². The van der Waals surface area contributed by atoms with Crippen LogP contribution >= 0.6 is 0 Å². The molecule has 634 valence electrons. The first-order valence-corrected chi connectivity index (χ1v) is 46.4. The lowest BCUT2D eigenvalue weighted by atomic mass is 9.96. The van der Waals surface area contributed by atoms with Crippen molar-refractivity contribution < 1.29 is 0 Å². The molecule has 135 heavy (non-hydrogen) atoms. The molecule has 25 rings (SSSR count). The van der Waals surface area contributed by atoms with Crippen LogP contribution in [0.25, 0.3) is 175 Å². The zero-order chi connectivity index (χ0) is 89.8. The molecule has 25 aromatic rings. The molecule has 3 heteroatoms. The van der Waals surface area contributed by atoms with Gasteiger partial charge in [0.1, 0.15) is 0 Å². The summed E-state index contributed by atoms with van der Waals surface area (Å²) in [6, 6.07) is 199. The first kappa shape index (κ1) is 81.7. The highest BCUT2D eigenvalue weighted by Gasteiger charge is 2.23. The molecular weight excluding hydrogens is 1630 g/mol. The smallest absolute Gasteiger partial charge is 0.0540 e. The van der Waals surface area contributed by atoms with Crippen LogP contribution in [0.1, 0.15) is 0 Å². The Morgan fingerprint density at radius 3 is 0.667 bits per heavy atom. The molecule has 25 aromatic carbocycles. The van der Waals surface area contributed by atoms with Crippen molar-refractivity contribution in [3.05, 3.63) is 552 Å². The molecule has 0 saturated heterocycles. The summed E-state index contributed by atoms with van der Waals surface area (Å²) in [4.78, 5) is 7.15. The molecule has 0 spiro atoms. The molecule has 0 fully saturated rings. The fourth-order valence-electron chi connectivity index (χ4n) is 19.8. The van der Waals surface area contributed by atoms with E-state index in [9.17, 15) is 0 Å². The van der Waals surface area contributed by atoms with Crippen molar-refractivity contribution in [1.82, 2.24) is 0 Å². The van der Waals surface area contributed by atoms with Crippen molar-refractivity contribution in [2.45, 2.75) is 0 Å². The number of para-hydroxylation sites is 1. The second kappa shape index (κ2) is 36.6. The molecule has 3 nitrogen and oxygen atoms in total. The average molecular weight is 1720 g/mol. The molecule has 0 amide bonds. The van der Waals surface area contributed by atoms with Gasteiger partial charge in [-0.05, 0) is 278 Å². The van der Waals surface area contributed by atoms with Gasteiger partial charge in [0, 0.05) is 51.1 Å². The maximum atomic E-state index is 2.41. The minimum absolute atomic E-state index is 1.11. The van der Waals surface area contributed by atoms with Gasteiger partial charge < -0.3 is 14.7 Å². The van der Waals surface area contributed by atoms with Crippen molar-refractivity contribution in [3.8, 4) is 77.9 Å². The Hall–Kier alpha value is -17.8. The van der Waals surface area contributed by atoms with Gasteiger partial charge in [-0.1, -0.05) is 443 Å². The van der Waals surface area contributed by atoms with Crippen LogP contribution < -0.4 is 14.7 Å². The summed E-state index contributed by atoms with van der Waals surface area (Å²) < 4.78 is 0. The third-order valence-electron chi connectivity index (χ3n) is 26.5. The van der Waals surface area contributed by atoms with Gasteiger partial charge in [0.05, 0.1) is 5.69 Å². The number of fused-ring (bicyclic) bond motifs is 15. The summed E-state index contributed by atoms with van der Waals surface area (Å²) in [6.45, 7) is 0. The van der Waals surface area contributed by atoms with E-state index < -0.39 is 0 Å². The fourth-order valence-corrected chi connectivity index (χ4v) is 19.8. The van der Waals surface area contributed by atoms with Crippen LogP contribution in [0.3, 0.4) is 0 Å². The Labute approximate surface area is 787 Å². The van der Waals surface area contributed by atoms with E-state index in [1.165, 1.54) is 175 Å². The van der Waals surface area contributed by atoms with Gasteiger partial charge in [-0.3, -0.25) is 0 Å². The number of rotatable bonds is 16. The molecule has 0 unspecified atom stereocenters. The number of anilines is 9. The number of hydrogen-bond acceptors (Lipinski definition) is 3. The predicted octanol–water partition coefficient (Wildman–Crippen LogP) is 37.5. The first-order chi connectivity index (χ1) is 66.9. The summed E-state index contributed by atoms with van der Waals surface area (Å²) in [5.41, 5.74) is 27.0. The van der Waals surface area contributed by atoms with Crippen molar-refractivity contribution in [3.63, 3.8) is 0 Å². The van der Waals surface area contributed by atoms with Gasteiger partial charge in [-0.25, -0.2) is 0 Å². The van der Waals surface area contributed by atoms with Gasteiger partial charge in [0.15, 0.2) is 0 Å². The molecule has 0 aliphatic heterocycles. The lowest BCUT2D eigenvalue weighted by Gasteiger charge is -2.28. The van der Waals surface area contributed by atoms with Gasteiger partial charge in [-0.15, -0.1) is 0 Å². The summed E-state index contributed by atoms with van der Waals surface area (Å²) in [6.07, 6.45) is 0. The van der Waals surface area contributed by atoms with Crippen LogP contribution in [-0.4, -0.2) is 0 Å². The molecule has 0 radical (unpaired) electrons. The van der Waals surface area contributed by atoms with E-state index in [0.29, 0.717) is 0 Å². The van der Waals surface area contributed by atoms with Gasteiger partial charge >= 0.3 is 0 Å². The maximum absolute atomic E-state index is 2.41. The molecule has 0 heterocycles. The molecule has 0 bridgehead atoms. The minimum atomic E-state index is 1.11. The number of benzene rings is 25. The number of hydrogen-bond donors (Lipinski definition) is 0. The van der Waals surface area contributed by atoms with E-state index in [2.05, 4.69) is 567 Å². The molecule has 0 saturated carbocycles. The Morgan fingerprint density at radius 2 is 0.311 bits per heavy atom. The Kier molecular flexibility index (Phi) is 22.2. The lowest BCUT2D eigenvalue weighted by molar-refractivity contribution is 1.29. The standard InChI is InChI=1S/C48H33N.2C42H29N/c1-3-12-34(13-4-1)39-17-11-18-40(32-39)35-22-27-41(28-23-35)49(48-21-10-9-20-44(48)36-14-5-2-6-15-36)42-29-24-38-26-30-45-43-19-8-7-16-37(43)25-31-46(45)47(38)33-42;1-3-10-30(11-4-1)32-18-23-36(24-19-32)43(37-16-9-15-35(28-37)31-12-5-2-6-13-31)38-25-20-34-22-26-40-39-17-8-7-14-33(39)21-27-41(40)42(34)29-38;1-3-9-30(10-4-1)32-15-22-36(23-16-32)43(37-24-17-33(18-25-37)31-11-5-2-6-12-31)38-26-19-35-21-27-40-39-14-8-7-13-34(39)20-28-41(40)42(35)29-38/h1-33H;2*1-29H. The maximum Gasteiger partial charge on any atom is 0.0540 e. The predicted molar refractivity (Wildman–Crippen MR) is 579 cm³/mol. The first-order valence-electron chi connectivity index (χ1n) is 46.4. The summed E-state index contributed by atoms with van der Waals surface area (Å²) in [5.74, 6) is 0. The minimum Gasteiger partial charge on any atom is -0.310 e. The monoisotopic (exact) mass is 1720 g/mol. The van der Waals surface area contributed by atoms with Gasteiger partial charge in [-0.2, -0.15) is 0 Å². The Bertz CT molecular complexity index is 8530. The van der Waals surface area contributed by atoms with E-state index in [1.807, 2.05) is 0 Å². The average Bonchev–Trinajstić information content (AvgIpc) is 0.760. The third kappa shape index (κ3) is 16.5. The SMILES string of the molecule is c1ccc(-c2ccc(N(c3ccc(-c4ccccc4)cc3)c3ccc4ccc5c6ccccc6ccc5c4c3)cc2)cc1.c1ccc(-c2ccc(N(c3cccc(-c4ccccc4)c3)c3ccc4ccc5c6ccccc6ccc5c4c3)cc2)cc1.c1ccc(-c2cccc(-c3ccc(N(c4ccc5ccc6c7ccccc7ccc6c5c4)c4ccccc4-c4ccccc4)cc3)c2)cc1. The molecule has 0 aromatic heterocycles. The van der Waals surface area contributed by atoms with Crippen LogP contribution in [0.2, 0.25) is 0 Å². The van der Waals surface area contributed by atoms with E-state index in [4.69, 9.17) is 0 Å². The summed E-state index contributed by atoms with van der Waals surface area (Å²) >= 11 is 0. The molecule has 0 aliphatic rings. The van der Waals surface area contributed by atoms with E-state index in [1.54, 1.807) is 0 Å². The molecule has 0 atom stereocenters. The summed E-state index contributed by atoms with van der Waals surface area (Å²) in [5, 5.41) is 22.8. The van der Waals surface area contributed by atoms with Crippen LogP contribution in [0.5, 0.6) is 0 Å². The van der Waals surface area contributed by atoms with Gasteiger partial charge in [0.25, 0.3) is 0 Å². The molecule has 0 aliphatic carbocycles. The van der Waals surface area contributed by atoms with Crippen LogP contribution in [-0.2, 0) is 0 Å². The highest BCUT2D eigenvalue weighted by Crippen LogP contribution is 2.48. The second-order valence-corrected chi connectivity index (χ2v) is 34.6. The zero-order valence-corrected chi connectivity index (χ0v) is 74.4. The number of nitrogens with zero attached hydrogens (tertiary/aromatic N) is 3. The second-order valence-electron chi connectivity index (χ2n) is 34.6. The van der Waals surface area contributed by atoms with E-state index in [0.717, 1.165) is 51.2 Å². The zero-order valence-electron chi connectivity index (χ0n) is 74.4. The third-order valence-corrected chi connectivity index (χ3v) is 26.5. The normalized spacial score (nSPS) is 11.3. The molecule has 0 N–H and O–H groups in total. The quantitative estimate of drug-likeness (QED) is 0.0893. The van der Waals surface area contributed by atoms with Crippen molar-refractivity contribution >= 4 is 148 Å². The van der Waals surface area contributed by atoms with E-state index in [-0.39, 0.29) is 0 Å². The highest BCUT2D eigenvalue weighted by molar-refractivity contribution is 6.21. The van der Waals surface area contributed by atoms with Crippen molar-refractivity contribution in [2.24, 2.45) is 0 Å². The highest BCUT2D eigenvalue weighted by atomic mass is 15.2. The van der Waals surface area contributed by atoms with Crippen LogP contribution in [0.15, 0.2) is 552 Å².